The van der Waals surface area contributed by atoms with Crippen LogP contribution < -0.4 is 4.72 Å². The van der Waals surface area contributed by atoms with E-state index in [4.69, 9.17) is 9.47 Å². The monoisotopic (exact) mass is 524 g/mol. The zero-order valence-corrected chi connectivity index (χ0v) is 23.2. The molecule has 1 aromatic heterocycles. The van der Waals surface area contributed by atoms with Crippen molar-refractivity contribution < 1.29 is 26.6 Å². The highest BCUT2D eigenvalue weighted by Gasteiger charge is 2.53. The number of ether oxygens (including phenoxy) is 2. The number of quaternary nitrogens is 1. The Morgan fingerprint density at radius 2 is 1.86 bits per heavy atom. The fourth-order valence-corrected chi connectivity index (χ4v) is 6.93. The second kappa shape index (κ2) is 10.2. The first-order valence-electron chi connectivity index (χ1n) is 13.1. The molecule has 1 N–H and O–H groups in total. The van der Waals surface area contributed by atoms with Crippen LogP contribution in [-0.4, -0.2) is 91.4 Å². The lowest BCUT2D eigenvalue weighted by molar-refractivity contribution is -0.740. The van der Waals surface area contributed by atoms with Crippen LogP contribution in [-0.2, 0) is 25.1 Å². The Morgan fingerprint density at radius 3 is 2.42 bits per heavy atom. The molecule has 0 unspecified atom stereocenters. The molecule has 2 aliphatic carbocycles. The number of rotatable bonds is 8. The van der Waals surface area contributed by atoms with E-state index in [-0.39, 0.29) is 34.2 Å². The number of aromatic nitrogens is 2. The molecule has 0 bridgehead atoms. The van der Waals surface area contributed by atoms with Crippen molar-refractivity contribution >= 4 is 16.3 Å². The first kappa shape index (κ1) is 27.2. The summed E-state index contributed by atoms with van der Waals surface area (Å²) in [7, 11) is 1.18. The van der Waals surface area contributed by atoms with E-state index in [0.29, 0.717) is 12.3 Å². The molecule has 0 spiro atoms. The van der Waals surface area contributed by atoms with E-state index in [2.05, 4.69) is 14.7 Å². The lowest BCUT2D eigenvalue weighted by atomic mass is 9.53. The molecule has 3 fully saturated rings. The summed E-state index contributed by atoms with van der Waals surface area (Å²) in [5.41, 5.74) is 0.0545. The van der Waals surface area contributed by atoms with Gasteiger partial charge in [-0.3, -0.25) is 4.90 Å². The summed E-state index contributed by atoms with van der Waals surface area (Å²) in [6.07, 6.45) is 8.54. The molecule has 202 valence electrons. The van der Waals surface area contributed by atoms with E-state index in [0.717, 1.165) is 37.9 Å². The Balaban J connectivity index is 1.46. The maximum Gasteiger partial charge on any atom is 0.410 e. The van der Waals surface area contributed by atoms with Gasteiger partial charge in [0.2, 0.25) is 0 Å². The van der Waals surface area contributed by atoms with Crippen LogP contribution in [0.2, 0.25) is 0 Å². The van der Waals surface area contributed by atoms with Crippen molar-refractivity contribution in [3.8, 4) is 0 Å². The molecular formula is C25H42N5O5S+. The maximum atomic E-state index is 13.0. The number of nitrogens with zero attached hydrogens (tertiary/aromatic N) is 4. The van der Waals surface area contributed by atoms with Gasteiger partial charge in [-0.1, -0.05) is 0 Å². The quantitative estimate of drug-likeness (QED) is 0.521. The predicted molar refractivity (Wildman–Crippen MR) is 135 cm³/mol. The van der Waals surface area contributed by atoms with Gasteiger partial charge >= 0.3 is 16.3 Å². The molecular weight excluding hydrogens is 482 g/mol. The molecule has 0 aromatic carbocycles. The Hall–Kier alpha value is -1.82. The fraction of sp³-hybridized carbons (Fsp3) is 0.800. The van der Waals surface area contributed by atoms with E-state index in [1.807, 2.05) is 39.2 Å². The third kappa shape index (κ3) is 5.25. The number of fused-ring (bicyclic) bond motifs is 1. The van der Waals surface area contributed by atoms with Gasteiger partial charge in [-0.25, -0.2) is 18.7 Å². The Bertz CT molecular complexity index is 1030. The van der Waals surface area contributed by atoms with Gasteiger partial charge in [0, 0.05) is 23.9 Å². The largest absolute Gasteiger partial charge is 0.447 e. The van der Waals surface area contributed by atoms with Crippen LogP contribution in [0.5, 0.6) is 0 Å². The van der Waals surface area contributed by atoms with Crippen molar-refractivity contribution in [1.29, 1.82) is 0 Å². The van der Waals surface area contributed by atoms with Gasteiger partial charge in [0.15, 0.2) is 0 Å². The summed E-state index contributed by atoms with van der Waals surface area (Å²) in [6.45, 7) is 5.81. The van der Waals surface area contributed by atoms with E-state index in [9.17, 15) is 13.2 Å². The van der Waals surface area contributed by atoms with Crippen LogP contribution in [0, 0.1) is 5.92 Å². The molecule has 2 saturated carbocycles. The van der Waals surface area contributed by atoms with Gasteiger partial charge < -0.3 is 9.47 Å². The van der Waals surface area contributed by atoms with Gasteiger partial charge in [0.25, 0.3) is 0 Å². The molecule has 4 rings (SSSR count). The van der Waals surface area contributed by atoms with Gasteiger partial charge in [-0.2, -0.15) is 13.1 Å². The summed E-state index contributed by atoms with van der Waals surface area (Å²) >= 11 is 0. The molecule has 1 amide bonds. The molecule has 6 atom stereocenters. The number of hydrogen-bond donors (Lipinski definition) is 1. The van der Waals surface area contributed by atoms with Crippen LogP contribution in [0.3, 0.4) is 0 Å². The van der Waals surface area contributed by atoms with Gasteiger partial charge in [-0.05, 0) is 71.3 Å². The number of carbonyl (C=O) groups excluding carboxylic acids is 1. The van der Waals surface area contributed by atoms with Crippen molar-refractivity contribution in [2.45, 2.75) is 95.0 Å². The fourth-order valence-electron chi connectivity index (χ4n) is 5.98. The van der Waals surface area contributed by atoms with Crippen LogP contribution in [0.1, 0.15) is 65.1 Å². The molecule has 11 heteroatoms. The smallest absolute Gasteiger partial charge is 0.410 e. The van der Waals surface area contributed by atoms with Crippen molar-refractivity contribution in [2.24, 2.45) is 5.92 Å². The number of hydrogen-bond acceptors (Lipinski definition) is 7. The average molecular weight is 525 g/mol. The molecule has 1 aromatic rings. The molecule has 0 radical (unpaired) electrons. The third-order valence-corrected chi connectivity index (χ3v) is 10.2. The Labute approximate surface area is 215 Å². The van der Waals surface area contributed by atoms with Crippen LogP contribution >= 0.6 is 0 Å². The molecule has 1 aliphatic heterocycles. The molecule has 1 saturated heterocycles. The van der Waals surface area contributed by atoms with Crippen LogP contribution in [0.15, 0.2) is 18.5 Å². The van der Waals surface area contributed by atoms with Crippen molar-refractivity contribution in [1.82, 2.24) is 19.6 Å². The normalized spacial score (nSPS) is 32.8. The first-order valence-corrected chi connectivity index (χ1v) is 14.5. The van der Waals surface area contributed by atoms with Gasteiger partial charge in [0.1, 0.15) is 5.82 Å². The molecule has 2 heterocycles. The zero-order valence-electron chi connectivity index (χ0n) is 22.4. The SMILES string of the molecule is CC(C)OC(=O)N1[C@H](C)C[C@H](NS(=O)(=O)[N+](C)(C)C)[C@@H]1CO[C@@H]1CC[C@]2(c3ncccn3)CC[C@@H]2C1. The predicted octanol–water partition coefficient (Wildman–Crippen LogP) is 2.61. The van der Waals surface area contributed by atoms with E-state index in [1.54, 1.807) is 26.0 Å². The lowest BCUT2D eigenvalue weighted by Crippen LogP contribution is -2.56. The topological polar surface area (TPSA) is 111 Å². The van der Waals surface area contributed by atoms with E-state index >= 15 is 0 Å². The minimum atomic E-state index is -3.66. The van der Waals surface area contributed by atoms with Gasteiger partial charge in [-0.15, -0.1) is 0 Å². The van der Waals surface area contributed by atoms with Crippen molar-refractivity contribution in [3.63, 3.8) is 0 Å². The number of carbonyl (C=O) groups is 1. The Morgan fingerprint density at radius 1 is 1.19 bits per heavy atom. The summed E-state index contributed by atoms with van der Waals surface area (Å²) in [6, 6.07) is 0.778. The molecule has 36 heavy (non-hydrogen) atoms. The summed E-state index contributed by atoms with van der Waals surface area (Å²) in [5.74, 6) is 1.43. The second-order valence-electron chi connectivity index (χ2n) is 11.8. The minimum absolute atomic E-state index is 0.0545. The van der Waals surface area contributed by atoms with E-state index < -0.39 is 28.4 Å². The van der Waals surface area contributed by atoms with E-state index in [1.165, 1.54) is 0 Å². The maximum absolute atomic E-state index is 13.0. The summed E-state index contributed by atoms with van der Waals surface area (Å²) in [4.78, 5) is 23.8. The third-order valence-electron chi connectivity index (χ3n) is 8.15. The average Bonchev–Trinajstić information content (AvgIpc) is 3.07. The number of likely N-dealkylation sites (tertiary alicyclic amines) is 1. The zero-order chi connectivity index (χ0) is 26.3. The summed E-state index contributed by atoms with van der Waals surface area (Å²) < 4.78 is 40.4. The lowest BCUT2D eigenvalue weighted by Gasteiger charge is -2.53. The highest BCUT2D eigenvalue weighted by molar-refractivity contribution is 7.83. The van der Waals surface area contributed by atoms with Crippen molar-refractivity contribution in [2.75, 3.05) is 27.7 Å². The highest BCUT2D eigenvalue weighted by atomic mass is 32.2. The van der Waals surface area contributed by atoms with Crippen LogP contribution in [0.25, 0.3) is 0 Å². The minimum Gasteiger partial charge on any atom is -0.447 e. The van der Waals surface area contributed by atoms with Crippen LogP contribution in [0.4, 0.5) is 4.79 Å². The highest BCUT2D eigenvalue weighted by Crippen LogP contribution is 2.56. The number of nitrogens with one attached hydrogen (secondary N) is 1. The second-order valence-corrected chi connectivity index (χ2v) is 14.1. The number of amides is 1. The summed E-state index contributed by atoms with van der Waals surface area (Å²) in [5, 5.41) is 0. The van der Waals surface area contributed by atoms with Gasteiger partial charge in [0.05, 0.1) is 52.0 Å². The Kier molecular flexibility index (Phi) is 7.68. The first-order chi connectivity index (χ1) is 16.8. The van der Waals surface area contributed by atoms with Crippen molar-refractivity contribution in [3.05, 3.63) is 24.3 Å². The molecule has 10 nitrogen and oxygen atoms in total. The molecule has 3 aliphatic rings. The standard InChI is InChI=1S/C25H42N5O5S/c1-17(2)35-24(31)29-18(3)14-21(28-36(32,33)30(4,5)6)22(29)16-34-20-9-11-25(10-8-19(25)15-20)23-26-12-7-13-27-23/h7,12-13,17-22,28H,8-11,14-16H2,1-6H3/q+1/t18-,19-,20-,21+,22+,25-/m1/s1.